The summed E-state index contributed by atoms with van der Waals surface area (Å²) in [7, 11) is 0. The zero-order chi connectivity index (χ0) is 32.1. The van der Waals surface area contributed by atoms with Crippen molar-refractivity contribution in [3.05, 3.63) is 0 Å². The van der Waals surface area contributed by atoms with Crippen LogP contribution < -0.4 is 17.1 Å². The van der Waals surface area contributed by atoms with E-state index >= 15 is 0 Å². The molecule has 256 valence electrons. The lowest BCUT2D eigenvalue weighted by Gasteiger charge is -2.28. The van der Waals surface area contributed by atoms with Crippen LogP contribution in [0, 0.1) is 0 Å². The number of thioether (sulfide) groups is 2. The van der Waals surface area contributed by atoms with Crippen molar-refractivity contribution in [1.29, 1.82) is 0 Å². The Balaban J connectivity index is 4.54. The first-order valence-electron chi connectivity index (χ1n) is 17.5. The number of unbranched alkanes of at least 4 members (excludes halogenated alkanes) is 18. The summed E-state index contributed by atoms with van der Waals surface area (Å²) in [5, 5.41) is 0. The quantitative estimate of drug-likeness (QED) is 0.0486. The van der Waals surface area contributed by atoms with Gasteiger partial charge in [0.25, 0.3) is 0 Å². The third-order valence-corrected chi connectivity index (χ3v) is 9.76. The van der Waals surface area contributed by atoms with E-state index in [4.69, 9.17) is 21.1 Å². The minimum Gasteiger partial charge on any atom is -0.333 e. The van der Waals surface area contributed by atoms with Gasteiger partial charge in [-0.2, -0.15) is 23.5 Å². The van der Waals surface area contributed by atoms with E-state index in [0.29, 0.717) is 25.7 Å². The predicted molar refractivity (Wildman–Crippen MR) is 188 cm³/mol. The van der Waals surface area contributed by atoms with E-state index in [0.717, 1.165) is 50.0 Å². The van der Waals surface area contributed by atoms with Crippen LogP contribution in [0.3, 0.4) is 0 Å². The van der Waals surface area contributed by atoms with Crippen molar-refractivity contribution in [3.63, 3.8) is 0 Å². The van der Waals surface area contributed by atoms with E-state index in [9.17, 15) is 9.59 Å². The molecule has 7 nitrogen and oxygen atoms in total. The smallest absolute Gasteiger partial charge is 0.333 e. The Morgan fingerprint density at radius 1 is 0.512 bits per heavy atom. The molecule has 0 aromatic carbocycles. The second-order valence-corrected chi connectivity index (χ2v) is 14.5. The molecule has 43 heavy (non-hydrogen) atoms. The second kappa shape index (κ2) is 29.0. The van der Waals surface area contributed by atoms with Gasteiger partial charge in [-0.25, -0.2) is 9.59 Å². The van der Waals surface area contributed by atoms with Crippen molar-refractivity contribution in [2.24, 2.45) is 11.5 Å². The van der Waals surface area contributed by atoms with E-state index in [2.05, 4.69) is 19.5 Å². The third-order valence-electron chi connectivity index (χ3n) is 8.54. The zero-order valence-electron chi connectivity index (χ0n) is 28.5. The fraction of sp³-hybridized carbons (Fsp3) is 0.941. The Bertz CT molecular complexity index is 620. The summed E-state index contributed by atoms with van der Waals surface area (Å²) in [5.74, 6) is 0.323. The van der Waals surface area contributed by atoms with Gasteiger partial charge in [0.15, 0.2) is 0 Å². The molecular weight excluding hydrogens is 579 g/mol. The number of carbonyl (C=O) groups excluding carboxylic acids is 2. The molecule has 0 rings (SSSR count). The van der Waals surface area contributed by atoms with Gasteiger partial charge in [-0.15, -0.1) is 0 Å². The third kappa shape index (κ3) is 22.6. The molecule has 0 aliphatic rings. The van der Waals surface area contributed by atoms with Gasteiger partial charge in [-0.1, -0.05) is 142 Å². The molecule has 0 fully saturated rings. The number of carbonyl (C=O) groups is 2. The first-order valence-corrected chi connectivity index (χ1v) is 20.3. The van der Waals surface area contributed by atoms with Crippen molar-refractivity contribution in [2.75, 3.05) is 24.0 Å². The van der Waals surface area contributed by atoms with Crippen molar-refractivity contribution < 1.29 is 19.3 Å². The summed E-state index contributed by atoms with van der Waals surface area (Å²) < 4.78 is 0. The molecule has 0 saturated heterocycles. The minimum atomic E-state index is -1.11. The Labute approximate surface area is 274 Å². The highest BCUT2D eigenvalue weighted by Crippen LogP contribution is 2.23. The Hall–Kier alpha value is -0.480. The van der Waals surface area contributed by atoms with Crippen LogP contribution in [0.1, 0.15) is 168 Å². The molecule has 0 heterocycles. The van der Waals surface area contributed by atoms with Crippen molar-refractivity contribution >= 4 is 35.5 Å². The average molecular weight is 648 g/mol. The number of rotatable bonds is 32. The van der Waals surface area contributed by atoms with Crippen LogP contribution in [0.4, 0.5) is 0 Å². The van der Waals surface area contributed by atoms with Gasteiger partial charge in [0, 0.05) is 5.64 Å². The van der Waals surface area contributed by atoms with Gasteiger partial charge < -0.3 is 21.1 Å². The Morgan fingerprint density at radius 3 is 1.07 bits per heavy atom. The van der Waals surface area contributed by atoms with Gasteiger partial charge >= 0.3 is 11.9 Å². The van der Waals surface area contributed by atoms with Gasteiger partial charge in [-0.05, 0) is 49.7 Å². The lowest BCUT2D eigenvalue weighted by molar-refractivity contribution is -0.206. The summed E-state index contributed by atoms with van der Waals surface area (Å²) in [5.41, 5.74) is 13.0. The van der Waals surface area contributed by atoms with Gasteiger partial charge in [0.2, 0.25) is 0 Å². The molecule has 0 aromatic heterocycles. The largest absolute Gasteiger partial charge is 0.348 e. The highest BCUT2D eigenvalue weighted by Gasteiger charge is 2.37. The summed E-state index contributed by atoms with van der Waals surface area (Å²) in [6, 6.07) is 0. The van der Waals surface area contributed by atoms with Crippen LogP contribution in [0.5, 0.6) is 0 Å². The standard InChI is InChI=1S/C34H69N3O4S2/c1-5-7-9-11-13-15-17-19-21-23-25-33(35,27-29-42-3)31(38)40-37-41-32(39)34(36,28-30-43-4)26-24-22-20-18-16-14-12-10-8-6-2/h37H,5-30,35-36H2,1-4H3. The second-order valence-electron chi connectivity index (χ2n) is 12.5. The molecule has 0 radical (unpaired) electrons. The summed E-state index contributed by atoms with van der Waals surface area (Å²) in [4.78, 5) is 36.4. The lowest BCUT2D eigenvalue weighted by atomic mass is 9.90. The van der Waals surface area contributed by atoms with E-state index in [1.807, 2.05) is 12.5 Å². The SMILES string of the molecule is CCCCCCCCCCCCC(N)(CCSC)C(=O)ONOC(=O)C(N)(CCCCCCCCCCCC)CCSC. The van der Waals surface area contributed by atoms with Crippen molar-refractivity contribution in [3.8, 4) is 0 Å². The maximum Gasteiger partial charge on any atom is 0.348 e. The molecule has 0 bridgehead atoms. The van der Waals surface area contributed by atoms with Gasteiger partial charge in [-0.3, -0.25) is 0 Å². The van der Waals surface area contributed by atoms with Crippen molar-refractivity contribution in [1.82, 2.24) is 5.64 Å². The summed E-state index contributed by atoms with van der Waals surface area (Å²) >= 11 is 3.30. The first kappa shape index (κ1) is 42.5. The van der Waals surface area contributed by atoms with E-state index in [-0.39, 0.29) is 0 Å². The average Bonchev–Trinajstić information content (AvgIpc) is 3.00. The molecule has 0 aliphatic heterocycles. The normalized spacial score (nSPS) is 14.3. The van der Waals surface area contributed by atoms with Gasteiger partial charge in [0.1, 0.15) is 11.1 Å². The Kier molecular flexibility index (Phi) is 28.6. The molecule has 9 heteroatoms. The minimum absolute atomic E-state index is 0.507. The van der Waals surface area contributed by atoms with E-state index in [1.165, 1.54) is 89.9 Å². The maximum atomic E-state index is 13.0. The fourth-order valence-corrected chi connectivity index (χ4v) is 6.52. The molecule has 0 aromatic rings. The number of nitrogens with two attached hydrogens (primary N) is 2. The lowest BCUT2D eigenvalue weighted by Crippen LogP contribution is -2.53. The molecule has 2 atom stereocenters. The highest BCUT2D eigenvalue weighted by atomic mass is 32.2. The van der Waals surface area contributed by atoms with Crippen LogP contribution in [-0.4, -0.2) is 47.0 Å². The summed E-state index contributed by atoms with van der Waals surface area (Å²) in [6.07, 6.45) is 30.5. The molecule has 0 aliphatic carbocycles. The topological polar surface area (TPSA) is 117 Å². The molecule has 0 spiro atoms. The van der Waals surface area contributed by atoms with Gasteiger partial charge in [0.05, 0.1) is 0 Å². The van der Waals surface area contributed by atoms with Crippen LogP contribution in [0.15, 0.2) is 0 Å². The molecule has 2 unspecified atom stereocenters. The number of nitrogens with one attached hydrogen (secondary N) is 1. The number of hydrogen-bond donors (Lipinski definition) is 3. The van der Waals surface area contributed by atoms with E-state index in [1.54, 1.807) is 23.5 Å². The molecular formula is C34H69N3O4S2. The van der Waals surface area contributed by atoms with E-state index < -0.39 is 23.0 Å². The summed E-state index contributed by atoms with van der Waals surface area (Å²) in [6.45, 7) is 4.49. The Morgan fingerprint density at radius 2 is 0.791 bits per heavy atom. The van der Waals surface area contributed by atoms with Crippen LogP contribution in [0.2, 0.25) is 0 Å². The van der Waals surface area contributed by atoms with Crippen LogP contribution in [-0.2, 0) is 19.3 Å². The first-order chi connectivity index (χ1) is 20.8. The molecule has 5 N–H and O–H groups in total. The fourth-order valence-electron chi connectivity index (χ4n) is 5.38. The van der Waals surface area contributed by atoms with Crippen LogP contribution >= 0.6 is 23.5 Å². The molecule has 0 saturated carbocycles. The molecule has 0 amide bonds. The van der Waals surface area contributed by atoms with Crippen LogP contribution in [0.25, 0.3) is 0 Å². The predicted octanol–water partition coefficient (Wildman–Crippen LogP) is 9.02. The zero-order valence-corrected chi connectivity index (χ0v) is 30.1. The van der Waals surface area contributed by atoms with Crippen molar-refractivity contribution in [2.45, 2.75) is 179 Å². The monoisotopic (exact) mass is 647 g/mol. The highest BCUT2D eigenvalue weighted by molar-refractivity contribution is 7.98. The number of hydrogen-bond acceptors (Lipinski definition) is 9. The maximum absolute atomic E-state index is 13.0.